The molecule has 0 saturated carbocycles. The lowest BCUT2D eigenvalue weighted by Gasteiger charge is -2.35. The van der Waals surface area contributed by atoms with Crippen LogP contribution in [0.4, 0.5) is 11.6 Å². The predicted octanol–water partition coefficient (Wildman–Crippen LogP) is 5.65. The Bertz CT molecular complexity index is 1520. The van der Waals surface area contributed by atoms with Crippen LogP contribution in [0.25, 0.3) is 17.0 Å². The number of ether oxygens (including phenoxy) is 2. The second-order valence-corrected chi connectivity index (χ2v) is 10.1. The number of rotatable bonds is 3. The molecule has 174 valence electrons. The fourth-order valence-corrected chi connectivity index (χ4v) is 5.11. The van der Waals surface area contributed by atoms with Gasteiger partial charge in [0.25, 0.3) is 0 Å². The van der Waals surface area contributed by atoms with Crippen LogP contribution in [0, 0.1) is 0 Å². The Balaban J connectivity index is 1.56. The van der Waals surface area contributed by atoms with Gasteiger partial charge in [0.15, 0.2) is 17.3 Å². The summed E-state index contributed by atoms with van der Waals surface area (Å²) in [5.74, 6) is 2.74. The molecule has 0 fully saturated rings. The first-order valence-electron chi connectivity index (χ1n) is 10.8. The Kier molecular flexibility index (Phi) is 5.28. The minimum atomic E-state index is -1.10. The number of halogens is 2. The molecular weight excluding hydrogens is 574 g/mol. The molecule has 1 aromatic heterocycles. The van der Waals surface area contributed by atoms with Gasteiger partial charge in [-0.1, -0.05) is 62.2 Å². The number of fused-ring (bicyclic) bond motifs is 2. The Labute approximate surface area is 218 Å². The van der Waals surface area contributed by atoms with Crippen LogP contribution in [-0.4, -0.2) is 16.8 Å². The lowest BCUT2D eigenvalue weighted by Crippen LogP contribution is -2.45. The monoisotopic (exact) mass is 591 g/mol. The molecule has 2 aliphatic heterocycles. The molecule has 3 heterocycles. The van der Waals surface area contributed by atoms with Crippen molar-refractivity contribution >= 4 is 49.1 Å². The summed E-state index contributed by atoms with van der Waals surface area (Å²) in [6.45, 7) is 0.186. The van der Waals surface area contributed by atoms with Gasteiger partial charge in [0.1, 0.15) is 17.3 Å². The van der Waals surface area contributed by atoms with Gasteiger partial charge in [-0.2, -0.15) is 0 Å². The number of hydrogen-bond acceptors (Lipinski definition) is 7. The average Bonchev–Trinajstić information content (AvgIpc) is 3.31. The van der Waals surface area contributed by atoms with E-state index in [0.29, 0.717) is 34.5 Å². The predicted molar refractivity (Wildman–Crippen MR) is 143 cm³/mol. The highest BCUT2D eigenvalue weighted by molar-refractivity contribution is 9.10. The van der Waals surface area contributed by atoms with Crippen LogP contribution >= 0.6 is 31.9 Å². The maximum absolute atomic E-state index is 7.01. The first-order valence-corrected chi connectivity index (χ1v) is 12.4. The molecule has 0 unspecified atom stereocenters. The van der Waals surface area contributed by atoms with Gasteiger partial charge in [-0.25, -0.2) is 9.97 Å². The number of nitrogens with one attached hydrogen (secondary N) is 1. The third kappa shape index (κ3) is 3.95. The van der Waals surface area contributed by atoms with Crippen LogP contribution in [-0.2, 0) is 5.66 Å². The number of anilines is 2. The van der Waals surface area contributed by atoms with Crippen molar-refractivity contribution in [3.63, 3.8) is 0 Å². The first kappa shape index (κ1) is 22.1. The molecule has 0 spiro atoms. The van der Waals surface area contributed by atoms with Crippen molar-refractivity contribution in [3.05, 3.63) is 98.4 Å². The summed E-state index contributed by atoms with van der Waals surface area (Å²) in [5, 5.41) is 3.41. The molecule has 3 aromatic carbocycles. The number of nitrogens with zero attached hydrogens (tertiary/aromatic N) is 2. The Hall–Kier alpha value is -3.40. The van der Waals surface area contributed by atoms with E-state index in [2.05, 4.69) is 42.2 Å². The van der Waals surface area contributed by atoms with E-state index >= 15 is 0 Å². The van der Waals surface area contributed by atoms with Crippen LogP contribution in [0.2, 0.25) is 0 Å². The van der Waals surface area contributed by atoms with Gasteiger partial charge >= 0.3 is 0 Å². The molecule has 2 aliphatic rings. The van der Waals surface area contributed by atoms with Crippen LogP contribution < -0.4 is 26.3 Å². The van der Waals surface area contributed by atoms with Gasteiger partial charge in [-0.05, 0) is 59.2 Å². The summed E-state index contributed by atoms with van der Waals surface area (Å²) in [7, 11) is 0. The highest BCUT2D eigenvalue weighted by atomic mass is 79.9. The zero-order valence-corrected chi connectivity index (χ0v) is 21.4. The van der Waals surface area contributed by atoms with Gasteiger partial charge in [0.2, 0.25) is 6.79 Å². The summed E-state index contributed by atoms with van der Waals surface area (Å²) in [6.07, 6.45) is 1.95. The SMILES string of the molecule is Nc1nc(-c2cccc(Br)c2)nc2c1C(c1cccc(Br)c1)=C[C@@](N)(c1ccc3c(c1)OCO3)N2. The van der Waals surface area contributed by atoms with E-state index in [1.807, 2.05) is 72.8 Å². The largest absolute Gasteiger partial charge is 0.454 e. The van der Waals surface area contributed by atoms with Crippen molar-refractivity contribution in [1.82, 2.24) is 9.97 Å². The maximum atomic E-state index is 7.01. The van der Waals surface area contributed by atoms with Crippen LogP contribution in [0.1, 0.15) is 16.7 Å². The summed E-state index contributed by atoms with van der Waals surface area (Å²) in [4.78, 5) is 9.51. The molecule has 5 N–H and O–H groups in total. The van der Waals surface area contributed by atoms with Gasteiger partial charge in [0, 0.05) is 14.5 Å². The van der Waals surface area contributed by atoms with Crippen molar-refractivity contribution in [2.45, 2.75) is 5.66 Å². The third-order valence-corrected chi connectivity index (χ3v) is 6.96. The molecule has 0 saturated heterocycles. The highest BCUT2D eigenvalue weighted by Gasteiger charge is 2.35. The number of benzene rings is 3. The standard InChI is InChI=1S/C26H19Br2N5O2/c27-17-5-1-3-14(9-17)19-12-26(30,16-7-8-20-21(11-16)35-13-34-20)33-25-22(19)23(29)31-24(32-25)15-4-2-6-18(28)10-15/h1-12H,13,30H2,(H3,29,31,32,33)/t26-/m0/s1. The quantitative estimate of drug-likeness (QED) is 0.282. The van der Waals surface area contributed by atoms with E-state index in [-0.39, 0.29) is 6.79 Å². The highest BCUT2D eigenvalue weighted by Crippen LogP contribution is 2.44. The molecule has 0 bridgehead atoms. The summed E-state index contributed by atoms with van der Waals surface area (Å²) in [6, 6.07) is 21.4. The summed E-state index contributed by atoms with van der Waals surface area (Å²) < 4.78 is 12.9. The number of nitrogens with two attached hydrogens (primary N) is 2. The van der Waals surface area contributed by atoms with E-state index in [0.717, 1.165) is 31.2 Å². The van der Waals surface area contributed by atoms with E-state index in [1.165, 1.54) is 0 Å². The maximum Gasteiger partial charge on any atom is 0.231 e. The third-order valence-electron chi connectivity index (χ3n) is 5.97. The van der Waals surface area contributed by atoms with Crippen molar-refractivity contribution < 1.29 is 9.47 Å². The number of nitrogen functional groups attached to an aromatic ring is 1. The second kappa shape index (κ2) is 8.37. The van der Waals surface area contributed by atoms with Crippen molar-refractivity contribution in [2.24, 2.45) is 5.73 Å². The van der Waals surface area contributed by atoms with Crippen molar-refractivity contribution in [1.29, 1.82) is 0 Å². The molecule has 0 aliphatic carbocycles. The molecule has 4 aromatic rings. The molecule has 9 heteroatoms. The summed E-state index contributed by atoms with van der Waals surface area (Å²) >= 11 is 7.09. The van der Waals surface area contributed by atoms with Gasteiger partial charge in [-0.3, -0.25) is 0 Å². The van der Waals surface area contributed by atoms with Gasteiger partial charge < -0.3 is 26.3 Å². The van der Waals surface area contributed by atoms with Crippen molar-refractivity contribution in [3.8, 4) is 22.9 Å². The average molecular weight is 593 g/mol. The molecule has 1 atom stereocenters. The lowest BCUT2D eigenvalue weighted by atomic mass is 9.87. The summed E-state index contributed by atoms with van der Waals surface area (Å²) in [5.41, 5.74) is 16.6. The number of aromatic nitrogens is 2. The molecule has 35 heavy (non-hydrogen) atoms. The van der Waals surface area contributed by atoms with Crippen LogP contribution in [0.3, 0.4) is 0 Å². The van der Waals surface area contributed by atoms with Gasteiger partial charge in [-0.15, -0.1) is 0 Å². The topological polar surface area (TPSA) is 108 Å². The zero-order valence-electron chi connectivity index (χ0n) is 18.3. The van der Waals surface area contributed by atoms with Crippen molar-refractivity contribution in [2.75, 3.05) is 17.8 Å². The van der Waals surface area contributed by atoms with E-state index < -0.39 is 5.66 Å². The molecule has 6 rings (SSSR count). The van der Waals surface area contributed by atoms with Crippen LogP contribution in [0.5, 0.6) is 11.5 Å². The molecule has 7 nitrogen and oxygen atoms in total. The second-order valence-electron chi connectivity index (χ2n) is 8.30. The lowest BCUT2D eigenvalue weighted by molar-refractivity contribution is 0.174. The number of hydrogen-bond donors (Lipinski definition) is 3. The first-order chi connectivity index (χ1) is 16.9. The molecule has 0 radical (unpaired) electrons. The van der Waals surface area contributed by atoms with E-state index in [1.54, 1.807) is 0 Å². The zero-order chi connectivity index (χ0) is 24.2. The van der Waals surface area contributed by atoms with Crippen LogP contribution in [0.15, 0.2) is 81.8 Å². The Morgan fingerprint density at radius 2 is 1.57 bits per heavy atom. The normalized spacial score (nSPS) is 18.0. The fraction of sp³-hybridized carbons (Fsp3) is 0.0769. The molecular formula is C26H19Br2N5O2. The van der Waals surface area contributed by atoms with E-state index in [4.69, 9.17) is 25.9 Å². The minimum absolute atomic E-state index is 0.186. The Morgan fingerprint density at radius 3 is 2.34 bits per heavy atom. The van der Waals surface area contributed by atoms with E-state index in [9.17, 15) is 0 Å². The smallest absolute Gasteiger partial charge is 0.231 e. The Morgan fingerprint density at radius 1 is 0.857 bits per heavy atom. The minimum Gasteiger partial charge on any atom is -0.454 e. The fourth-order valence-electron chi connectivity index (χ4n) is 4.32. The molecule has 0 amide bonds. The van der Waals surface area contributed by atoms with Gasteiger partial charge in [0.05, 0.1) is 5.56 Å².